The first-order valence-corrected chi connectivity index (χ1v) is 11.1. The number of hydrogen-bond donors (Lipinski definition) is 1. The number of rotatable bonds is 7. The fraction of sp³-hybridized carbons (Fsp3) is 0.269. The van der Waals surface area contributed by atoms with Gasteiger partial charge in [0.15, 0.2) is 29.6 Å². The molecule has 1 heterocycles. The molecule has 0 amide bonds. The standard InChI is InChI=1S/C26H20F6O5/c1-2-35-9-12-10-36-26(37-11-12)14-8-15(27)18(25(33)34)20(28)17(14)19-23(31)21(29)16(22(30)24(19)32)13-6-4-3-5-7-13/h3-8,12,26H,2,9-11H2,1H3,(H,33,34). The number of halogens is 6. The van der Waals surface area contributed by atoms with Gasteiger partial charge in [-0.15, -0.1) is 0 Å². The molecule has 5 nitrogen and oxygen atoms in total. The van der Waals surface area contributed by atoms with Gasteiger partial charge in [0.2, 0.25) is 0 Å². The maximum absolute atomic E-state index is 15.4. The Labute approximate surface area is 207 Å². The highest BCUT2D eigenvalue weighted by Crippen LogP contribution is 2.43. The zero-order chi connectivity index (χ0) is 26.9. The topological polar surface area (TPSA) is 65.0 Å². The van der Waals surface area contributed by atoms with Gasteiger partial charge in [-0.2, -0.15) is 0 Å². The van der Waals surface area contributed by atoms with Crippen molar-refractivity contribution < 1.29 is 50.5 Å². The van der Waals surface area contributed by atoms with E-state index in [1.165, 1.54) is 30.3 Å². The van der Waals surface area contributed by atoms with Crippen LogP contribution in [0, 0.1) is 40.8 Å². The molecule has 0 atom stereocenters. The van der Waals surface area contributed by atoms with Crippen LogP contribution in [0.15, 0.2) is 36.4 Å². The Balaban J connectivity index is 1.92. The fourth-order valence-corrected chi connectivity index (χ4v) is 4.09. The second-order valence-corrected chi connectivity index (χ2v) is 8.21. The summed E-state index contributed by atoms with van der Waals surface area (Å²) in [5, 5.41) is 9.28. The summed E-state index contributed by atoms with van der Waals surface area (Å²) in [6.07, 6.45) is -1.63. The molecule has 0 aliphatic carbocycles. The molecule has 37 heavy (non-hydrogen) atoms. The van der Waals surface area contributed by atoms with Gasteiger partial charge in [0, 0.05) is 23.7 Å². The molecular formula is C26H20F6O5. The summed E-state index contributed by atoms with van der Waals surface area (Å²) in [5.41, 5.74) is -6.31. The molecule has 3 aromatic carbocycles. The molecule has 1 saturated heterocycles. The quantitative estimate of drug-likeness (QED) is 0.291. The minimum absolute atomic E-state index is 0.0470. The molecule has 0 radical (unpaired) electrons. The van der Waals surface area contributed by atoms with Crippen LogP contribution in [-0.4, -0.2) is 37.5 Å². The van der Waals surface area contributed by atoms with Crippen molar-refractivity contribution in [1.82, 2.24) is 0 Å². The van der Waals surface area contributed by atoms with Crippen LogP contribution < -0.4 is 0 Å². The Hall–Kier alpha value is -3.41. The Morgan fingerprint density at radius 3 is 2.00 bits per heavy atom. The van der Waals surface area contributed by atoms with Crippen LogP contribution in [0.3, 0.4) is 0 Å². The maximum atomic E-state index is 15.4. The van der Waals surface area contributed by atoms with Crippen molar-refractivity contribution in [3.63, 3.8) is 0 Å². The van der Waals surface area contributed by atoms with Crippen molar-refractivity contribution in [3.8, 4) is 22.3 Å². The highest BCUT2D eigenvalue weighted by molar-refractivity contribution is 5.91. The van der Waals surface area contributed by atoms with Crippen LogP contribution in [0.2, 0.25) is 0 Å². The van der Waals surface area contributed by atoms with E-state index in [1.54, 1.807) is 6.92 Å². The van der Waals surface area contributed by atoms with Crippen LogP contribution >= 0.6 is 0 Å². The Bertz CT molecular complexity index is 1290. The highest BCUT2D eigenvalue weighted by atomic mass is 19.2. The lowest BCUT2D eigenvalue weighted by atomic mass is 9.91. The van der Waals surface area contributed by atoms with Gasteiger partial charge in [-0.25, -0.2) is 31.1 Å². The lowest BCUT2D eigenvalue weighted by Gasteiger charge is -2.31. The molecule has 0 bridgehead atoms. The van der Waals surface area contributed by atoms with Crippen molar-refractivity contribution in [1.29, 1.82) is 0 Å². The van der Waals surface area contributed by atoms with Crippen LogP contribution in [0.1, 0.15) is 29.1 Å². The Kier molecular flexibility index (Phi) is 7.86. The van der Waals surface area contributed by atoms with Gasteiger partial charge in [-0.3, -0.25) is 0 Å². The Morgan fingerprint density at radius 2 is 1.46 bits per heavy atom. The van der Waals surface area contributed by atoms with Gasteiger partial charge in [0.1, 0.15) is 17.2 Å². The molecule has 4 rings (SSSR count). The van der Waals surface area contributed by atoms with E-state index < -0.39 is 75.0 Å². The first-order chi connectivity index (χ1) is 17.7. The summed E-state index contributed by atoms with van der Waals surface area (Å²) in [4.78, 5) is 11.5. The molecule has 0 spiro atoms. The van der Waals surface area contributed by atoms with E-state index in [0.717, 1.165) is 0 Å². The first kappa shape index (κ1) is 26.6. The van der Waals surface area contributed by atoms with Gasteiger partial charge in [0.25, 0.3) is 0 Å². The maximum Gasteiger partial charge on any atom is 0.341 e. The van der Waals surface area contributed by atoms with Gasteiger partial charge < -0.3 is 19.3 Å². The van der Waals surface area contributed by atoms with Gasteiger partial charge in [-0.05, 0) is 18.6 Å². The average Bonchev–Trinajstić information content (AvgIpc) is 2.88. The van der Waals surface area contributed by atoms with E-state index in [4.69, 9.17) is 14.2 Å². The zero-order valence-electron chi connectivity index (χ0n) is 19.3. The SMILES string of the molecule is CCOCC1COC(c2cc(F)c(C(=O)O)c(F)c2-c2c(F)c(F)c(-c3ccccc3)c(F)c2F)OC1. The van der Waals surface area contributed by atoms with Gasteiger partial charge in [-0.1, -0.05) is 30.3 Å². The number of benzene rings is 3. The normalized spacial score (nSPS) is 17.7. The minimum atomic E-state index is -2.10. The molecular weight excluding hydrogens is 506 g/mol. The van der Waals surface area contributed by atoms with Crippen LogP contribution in [-0.2, 0) is 14.2 Å². The summed E-state index contributed by atoms with van der Waals surface area (Å²) >= 11 is 0. The second kappa shape index (κ2) is 10.9. The van der Waals surface area contributed by atoms with E-state index in [9.17, 15) is 14.3 Å². The smallest absolute Gasteiger partial charge is 0.341 e. The third-order valence-corrected chi connectivity index (χ3v) is 5.82. The highest BCUT2D eigenvalue weighted by Gasteiger charge is 2.36. The molecule has 1 N–H and O–H groups in total. The van der Waals surface area contributed by atoms with E-state index in [1.807, 2.05) is 0 Å². The first-order valence-electron chi connectivity index (χ1n) is 11.1. The van der Waals surface area contributed by atoms with E-state index in [0.29, 0.717) is 12.7 Å². The lowest BCUT2D eigenvalue weighted by Crippen LogP contribution is -2.31. The summed E-state index contributed by atoms with van der Waals surface area (Å²) < 4.78 is 107. The molecule has 0 saturated carbocycles. The summed E-state index contributed by atoms with van der Waals surface area (Å²) in [7, 11) is 0. The van der Waals surface area contributed by atoms with E-state index >= 15 is 22.0 Å². The number of aromatic carboxylic acids is 1. The number of ether oxygens (including phenoxy) is 3. The van der Waals surface area contributed by atoms with Crippen LogP contribution in [0.4, 0.5) is 26.3 Å². The predicted molar refractivity (Wildman–Crippen MR) is 119 cm³/mol. The van der Waals surface area contributed by atoms with E-state index in [2.05, 4.69) is 0 Å². The lowest BCUT2D eigenvalue weighted by molar-refractivity contribution is -0.211. The molecule has 1 aliphatic rings. The zero-order valence-corrected chi connectivity index (χ0v) is 19.3. The molecule has 196 valence electrons. The molecule has 3 aromatic rings. The minimum Gasteiger partial charge on any atom is -0.477 e. The van der Waals surface area contributed by atoms with Crippen molar-refractivity contribution in [2.75, 3.05) is 26.4 Å². The molecule has 1 fully saturated rings. The summed E-state index contributed by atoms with van der Waals surface area (Å²) in [6, 6.07) is 7.13. The monoisotopic (exact) mass is 526 g/mol. The van der Waals surface area contributed by atoms with Crippen molar-refractivity contribution in [3.05, 3.63) is 82.4 Å². The van der Waals surface area contributed by atoms with E-state index in [-0.39, 0.29) is 31.3 Å². The molecule has 11 heteroatoms. The van der Waals surface area contributed by atoms with Crippen molar-refractivity contribution in [2.45, 2.75) is 13.2 Å². The third kappa shape index (κ3) is 4.94. The number of hydrogen-bond acceptors (Lipinski definition) is 4. The number of carbonyl (C=O) groups is 1. The van der Waals surface area contributed by atoms with Crippen LogP contribution in [0.25, 0.3) is 22.3 Å². The van der Waals surface area contributed by atoms with Gasteiger partial charge >= 0.3 is 5.97 Å². The van der Waals surface area contributed by atoms with Gasteiger partial charge in [0.05, 0.1) is 30.9 Å². The fourth-order valence-electron chi connectivity index (χ4n) is 4.09. The molecule has 0 unspecified atom stereocenters. The number of carboxylic acids is 1. The third-order valence-electron chi connectivity index (χ3n) is 5.82. The summed E-state index contributed by atoms with van der Waals surface area (Å²) in [5.74, 6) is -13.7. The van der Waals surface area contributed by atoms with Crippen molar-refractivity contribution >= 4 is 5.97 Å². The number of carboxylic acid groups (broad SMARTS) is 1. The molecule has 0 aromatic heterocycles. The van der Waals surface area contributed by atoms with Crippen LogP contribution in [0.5, 0.6) is 0 Å². The van der Waals surface area contributed by atoms with Crippen molar-refractivity contribution in [2.24, 2.45) is 5.92 Å². The molecule has 1 aliphatic heterocycles. The summed E-state index contributed by atoms with van der Waals surface area (Å²) in [6.45, 7) is 2.31. The predicted octanol–water partition coefficient (Wildman–Crippen LogP) is 6.25. The second-order valence-electron chi connectivity index (χ2n) is 8.21. The largest absolute Gasteiger partial charge is 0.477 e. The Morgan fingerprint density at radius 1 is 0.892 bits per heavy atom. The average molecular weight is 526 g/mol.